The minimum atomic E-state index is -0.307. The van der Waals surface area contributed by atoms with Gasteiger partial charge in [0, 0.05) is 16.5 Å². The van der Waals surface area contributed by atoms with Gasteiger partial charge in [0.1, 0.15) is 0 Å². The van der Waals surface area contributed by atoms with E-state index in [1.54, 1.807) is 12.1 Å². The summed E-state index contributed by atoms with van der Waals surface area (Å²) in [6, 6.07) is 17.3. The molecule has 2 aromatic carbocycles. The topological polar surface area (TPSA) is 43.1 Å². The zero-order chi connectivity index (χ0) is 15.1. The lowest BCUT2D eigenvalue weighted by molar-refractivity contribution is -0.385. The highest BCUT2D eigenvalue weighted by Crippen LogP contribution is 2.23. The number of aryl methyl sites for hydroxylation is 1. The Labute approximate surface area is 133 Å². The fraction of sp³-hybridized carbons (Fsp3) is 0.294. The number of hydrogen-bond donors (Lipinski definition) is 0. The lowest BCUT2D eigenvalue weighted by Gasteiger charge is -2.10. The van der Waals surface area contributed by atoms with Crippen molar-refractivity contribution in [2.75, 3.05) is 0 Å². The average Bonchev–Trinajstić information content (AvgIpc) is 2.48. The molecule has 0 saturated carbocycles. The van der Waals surface area contributed by atoms with Crippen molar-refractivity contribution < 1.29 is 4.92 Å². The summed E-state index contributed by atoms with van der Waals surface area (Å²) >= 11 is 3.65. The Morgan fingerprint density at radius 2 is 1.71 bits per heavy atom. The zero-order valence-corrected chi connectivity index (χ0v) is 13.3. The van der Waals surface area contributed by atoms with Gasteiger partial charge in [-0.15, -0.1) is 0 Å². The molecule has 4 heteroatoms. The van der Waals surface area contributed by atoms with E-state index in [9.17, 15) is 10.1 Å². The largest absolute Gasteiger partial charge is 0.272 e. The average molecular weight is 348 g/mol. The molecule has 0 aromatic heterocycles. The predicted molar refractivity (Wildman–Crippen MR) is 88.9 cm³/mol. The number of halogens is 1. The molecule has 0 fully saturated rings. The third-order valence-electron chi connectivity index (χ3n) is 3.46. The molecule has 0 heterocycles. The van der Waals surface area contributed by atoms with Gasteiger partial charge >= 0.3 is 0 Å². The number of nitrogens with zero attached hydrogens (tertiary/aromatic N) is 1. The molecule has 2 aromatic rings. The van der Waals surface area contributed by atoms with E-state index in [2.05, 4.69) is 28.1 Å². The molecule has 3 nitrogen and oxygen atoms in total. The van der Waals surface area contributed by atoms with Crippen LogP contribution in [0, 0.1) is 10.1 Å². The van der Waals surface area contributed by atoms with Crippen LogP contribution < -0.4 is 0 Å². The fourth-order valence-electron chi connectivity index (χ4n) is 2.37. The van der Waals surface area contributed by atoms with Crippen molar-refractivity contribution in [3.63, 3.8) is 0 Å². The third kappa shape index (κ3) is 4.97. The Morgan fingerprint density at radius 3 is 2.43 bits per heavy atom. The number of rotatable bonds is 7. The van der Waals surface area contributed by atoms with Crippen molar-refractivity contribution in [1.29, 1.82) is 0 Å². The molecular weight excluding hydrogens is 330 g/mol. The van der Waals surface area contributed by atoms with E-state index < -0.39 is 0 Å². The van der Waals surface area contributed by atoms with E-state index in [1.807, 2.05) is 30.3 Å². The van der Waals surface area contributed by atoms with Crippen molar-refractivity contribution in [3.8, 4) is 0 Å². The highest BCUT2D eigenvalue weighted by Gasteiger charge is 2.15. The summed E-state index contributed by atoms with van der Waals surface area (Å²) in [7, 11) is 0. The van der Waals surface area contributed by atoms with E-state index in [-0.39, 0.29) is 15.4 Å². The van der Waals surface area contributed by atoms with Crippen LogP contribution in [0.15, 0.2) is 54.6 Å². The van der Waals surface area contributed by atoms with Crippen LogP contribution in [0.2, 0.25) is 0 Å². The van der Waals surface area contributed by atoms with Gasteiger partial charge in [0.15, 0.2) is 0 Å². The summed E-state index contributed by atoms with van der Waals surface area (Å²) in [4.78, 5) is 11.0. The van der Waals surface area contributed by atoms with Gasteiger partial charge in [-0.3, -0.25) is 10.1 Å². The lowest BCUT2D eigenvalue weighted by atomic mass is 10.0. The molecule has 0 aliphatic rings. The zero-order valence-electron chi connectivity index (χ0n) is 11.7. The van der Waals surface area contributed by atoms with Crippen molar-refractivity contribution in [1.82, 2.24) is 0 Å². The summed E-state index contributed by atoms with van der Waals surface area (Å²) in [6.07, 6.45) is 3.80. The Morgan fingerprint density at radius 1 is 1.05 bits per heavy atom. The maximum atomic E-state index is 11.0. The number of nitro groups is 1. The molecular formula is C17H18BrNO2. The molecule has 0 amide bonds. The van der Waals surface area contributed by atoms with E-state index in [0.29, 0.717) is 6.42 Å². The molecule has 2 rings (SSSR count). The molecule has 0 aliphatic heterocycles. The van der Waals surface area contributed by atoms with Crippen LogP contribution in [0.5, 0.6) is 0 Å². The minimum absolute atomic E-state index is 0.213. The second-order valence-electron chi connectivity index (χ2n) is 5.07. The van der Waals surface area contributed by atoms with E-state index in [1.165, 1.54) is 5.56 Å². The van der Waals surface area contributed by atoms with Crippen molar-refractivity contribution >= 4 is 21.6 Å². The summed E-state index contributed by atoms with van der Waals surface area (Å²) in [6.45, 7) is 0. The van der Waals surface area contributed by atoms with Crippen LogP contribution in [-0.4, -0.2) is 9.75 Å². The molecule has 0 aliphatic carbocycles. The monoisotopic (exact) mass is 347 g/mol. The molecule has 0 radical (unpaired) electrons. The molecule has 1 atom stereocenters. The maximum absolute atomic E-state index is 11.0. The van der Waals surface area contributed by atoms with Gasteiger partial charge in [-0.2, -0.15) is 0 Å². The van der Waals surface area contributed by atoms with E-state index >= 15 is 0 Å². The second-order valence-corrected chi connectivity index (χ2v) is 6.36. The summed E-state index contributed by atoms with van der Waals surface area (Å²) in [5.41, 5.74) is 2.34. The van der Waals surface area contributed by atoms with Gasteiger partial charge in [0.05, 0.1) is 4.92 Å². The van der Waals surface area contributed by atoms with E-state index in [4.69, 9.17) is 0 Å². The van der Waals surface area contributed by atoms with Crippen LogP contribution in [0.4, 0.5) is 5.69 Å². The Hall–Kier alpha value is -1.68. The molecule has 1 unspecified atom stereocenters. The van der Waals surface area contributed by atoms with Crippen LogP contribution in [-0.2, 0) is 12.8 Å². The predicted octanol–water partition coefficient (Wildman–Crippen LogP) is 4.92. The number of para-hydroxylation sites is 1. The minimum Gasteiger partial charge on any atom is -0.258 e. The third-order valence-corrected chi connectivity index (χ3v) is 4.24. The van der Waals surface area contributed by atoms with Crippen molar-refractivity contribution in [2.24, 2.45) is 0 Å². The number of nitro benzene ring substituents is 1. The van der Waals surface area contributed by atoms with Gasteiger partial charge in [0.25, 0.3) is 5.69 Å². The summed E-state index contributed by atoms with van der Waals surface area (Å²) in [5.74, 6) is 0. The fourth-order valence-corrected chi connectivity index (χ4v) is 3.05. The first-order chi connectivity index (χ1) is 10.2. The SMILES string of the molecule is O=[N+]([O-])c1ccccc1CC(Br)CCCc1ccccc1. The first-order valence-corrected chi connectivity index (χ1v) is 7.98. The molecule has 0 spiro atoms. The Balaban J connectivity index is 1.85. The standard InChI is InChI=1S/C17H18BrNO2/c18-16(11-6-9-14-7-2-1-3-8-14)13-15-10-4-5-12-17(15)19(20)21/h1-5,7-8,10,12,16H,6,9,11,13H2. The van der Waals surface area contributed by atoms with Crippen molar-refractivity contribution in [3.05, 3.63) is 75.8 Å². The molecule has 0 N–H and O–H groups in total. The molecule has 0 bridgehead atoms. The molecule has 21 heavy (non-hydrogen) atoms. The number of benzene rings is 2. The van der Waals surface area contributed by atoms with Crippen LogP contribution >= 0.6 is 15.9 Å². The smallest absolute Gasteiger partial charge is 0.258 e. The number of hydrogen-bond acceptors (Lipinski definition) is 2. The van der Waals surface area contributed by atoms with E-state index in [0.717, 1.165) is 24.8 Å². The van der Waals surface area contributed by atoms with Gasteiger partial charge < -0.3 is 0 Å². The highest BCUT2D eigenvalue weighted by molar-refractivity contribution is 9.09. The van der Waals surface area contributed by atoms with Crippen LogP contribution in [0.1, 0.15) is 24.0 Å². The van der Waals surface area contributed by atoms with Gasteiger partial charge in [-0.05, 0) is 31.2 Å². The molecule has 110 valence electrons. The molecule has 0 saturated heterocycles. The maximum Gasteiger partial charge on any atom is 0.272 e. The van der Waals surface area contributed by atoms with Gasteiger partial charge in [0.2, 0.25) is 0 Å². The Kier molecular flexibility index (Phi) is 5.93. The second kappa shape index (κ2) is 7.93. The first-order valence-electron chi connectivity index (χ1n) is 7.07. The normalized spacial score (nSPS) is 12.0. The number of alkyl halides is 1. The summed E-state index contributed by atoms with van der Waals surface area (Å²) in [5, 5.41) is 11.0. The lowest BCUT2D eigenvalue weighted by Crippen LogP contribution is -2.06. The first kappa shape index (κ1) is 15.7. The summed E-state index contributed by atoms with van der Waals surface area (Å²) < 4.78 is 0. The van der Waals surface area contributed by atoms with Crippen LogP contribution in [0.3, 0.4) is 0 Å². The quantitative estimate of drug-likeness (QED) is 0.405. The highest BCUT2D eigenvalue weighted by atomic mass is 79.9. The Bertz CT molecular complexity index is 586. The van der Waals surface area contributed by atoms with Crippen LogP contribution in [0.25, 0.3) is 0 Å². The van der Waals surface area contributed by atoms with Gasteiger partial charge in [-0.1, -0.05) is 64.5 Å². The van der Waals surface area contributed by atoms with Crippen molar-refractivity contribution in [2.45, 2.75) is 30.5 Å². The van der Waals surface area contributed by atoms with Gasteiger partial charge in [-0.25, -0.2) is 0 Å².